The summed E-state index contributed by atoms with van der Waals surface area (Å²) in [5.41, 5.74) is 5.93. The first-order chi connectivity index (χ1) is 11.3. The highest BCUT2D eigenvalue weighted by Crippen LogP contribution is 2.19. The molecule has 7 nitrogen and oxygen atoms in total. The van der Waals surface area contributed by atoms with Gasteiger partial charge in [-0.05, 0) is 36.4 Å². The van der Waals surface area contributed by atoms with Gasteiger partial charge in [-0.15, -0.1) is 12.4 Å². The Kier molecular flexibility index (Phi) is 7.20. The van der Waals surface area contributed by atoms with Gasteiger partial charge in [0, 0.05) is 5.92 Å². The summed E-state index contributed by atoms with van der Waals surface area (Å²) in [4.78, 5) is 16.2. The summed E-state index contributed by atoms with van der Waals surface area (Å²) in [5.74, 6) is -0.528. The van der Waals surface area contributed by atoms with E-state index in [4.69, 9.17) is 10.5 Å². The number of nitrogens with two attached hydrogens (primary N) is 1. The van der Waals surface area contributed by atoms with E-state index in [1.807, 2.05) is 0 Å². The number of methoxy groups -OCH3 is 1. The van der Waals surface area contributed by atoms with E-state index in [9.17, 15) is 13.2 Å². The number of halogens is 1. The molecule has 0 bridgehead atoms. The molecule has 9 heteroatoms. The molecule has 0 saturated heterocycles. The Bertz CT molecular complexity index is 808. The molecule has 1 aromatic heterocycles. The predicted octanol–water partition coefficient (Wildman–Crippen LogP) is 2.14. The van der Waals surface area contributed by atoms with Gasteiger partial charge in [-0.1, -0.05) is 6.92 Å². The van der Waals surface area contributed by atoms with Crippen molar-refractivity contribution in [3.05, 3.63) is 42.6 Å². The van der Waals surface area contributed by atoms with Crippen molar-refractivity contribution in [2.75, 3.05) is 23.9 Å². The van der Waals surface area contributed by atoms with E-state index in [1.165, 1.54) is 25.4 Å². The number of benzene rings is 1. The standard InChI is InChI=1S/C16H19N3O4S.ClH/c1-11(16(20)19-12-3-8-15(17)18-9-12)10-24(21,22)14-6-4-13(23-2)5-7-14;/h3-9,11H,10H2,1-2H3,(H2,17,18)(H,19,20);1H. The summed E-state index contributed by atoms with van der Waals surface area (Å²) in [5, 5.41) is 2.62. The zero-order valence-corrected chi connectivity index (χ0v) is 15.4. The first-order valence-corrected chi connectivity index (χ1v) is 8.86. The van der Waals surface area contributed by atoms with E-state index in [2.05, 4.69) is 10.3 Å². The van der Waals surface area contributed by atoms with Gasteiger partial charge in [0.25, 0.3) is 0 Å². The third kappa shape index (κ3) is 5.61. The second-order valence-corrected chi connectivity index (χ2v) is 7.35. The Morgan fingerprint density at radius 1 is 1.24 bits per heavy atom. The van der Waals surface area contributed by atoms with Crippen molar-refractivity contribution < 1.29 is 17.9 Å². The fourth-order valence-corrected chi connectivity index (χ4v) is 3.58. The number of sulfone groups is 1. The largest absolute Gasteiger partial charge is 0.497 e. The minimum Gasteiger partial charge on any atom is -0.497 e. The second kappa shape index (κ2) is 8.68. The fraction of sp³-hybridized carbons (Fsp3) is 0.250. The Morgan fingerprint density at radius 2 is 1.88 bits per heavy atom. The third-order valence-electron chi connectivity index (χ3n) is 3.39. The molecule has 0 fully saturated rings. The predicted molar refractivity (Wildman–Crippen MR) is 98.7 cm³/mol. The minimum atomic E-state index is -3.58. The Labute approximate surface area is 152 Å². The Balaban J connectivity index is 0.00000312. The lowest BCUT2D eigenvalue weighted by Crippen LogP contribution is -2.27. The average Bonchev–Trinajstić information content (AvgIpc) is 2.56. The quantitative estimate of drug-likeness (QED) is 0.787. The number of amides is 1. The Morgan fingerprint density at radius 3 is 2.40 bits per heavy atom. The fourth-order valence-electron chi connectivity index (χ4n) is 2.03. The molecule has 136 valence electrons. The molecule has 2 aromatic rings. The molecule has 25 heavy (non-hydrogen) atoms. The number of rotatable bonds is 6. The highest BCUT2D eigenvalue weighted by atomic mass is 35.5. The molecule has 0 saturated carbocycles. The van der Waals surface area contributed by atoms with Crippen LogP contribution in [0, 0.1) is 5.92 Å². The monoisotopic (exact) mass is 385 g/mol. The van der Waals surface area contributed by atoms with Crippen LogP contribution in [0.2, 0.25) is 0 Å². The SMILES string of the molecule is COc1ccc(S(=O)(=O)CC(C)C(=O)Nc2ccc(N)nc2)cc1.Cl. The van der Waals surface area contributed by atoms with Crippen LogP contribution >= 0.6 is 12.4 Å². The van der Waals surface area contributed by atoms with E-state index in [0.29, 0.717) is 17.3 Å². The molecule has 0 aliphatic heterocycles. The summed E-state index contributed by atoms with van der Waals surface area (Å²) < 4.78 is 29.8. The number of anilines is 2. The van der Waals surface area contributed by atoms with Gasteiger partial charge in [-0.2, -0.15) is 0 Å². The average molecular weight is 386 g/mol. The summed E-state index contributed by atoms with van der Waals surface area (Å²) in [6.45, 7) is 1.56. The van der Waals surface area contributed by atoms with E-state index in [1.54, 1.807) is 31.2 Å². The van der Waals surface area contributed by atoms with Gasteiger partial charge >= 0.3 is 0 Å². The number of nitrogens with one attached hydrogen (secondary N) is 1. The molecule has 0 aliphatic rings. The number of carbonyl (C=O) groups excluding carboxylic acids is 1. The maximum absolute atomic E-state index is 12.4. The van der Waals surface area contributed by atoms with Crippen LogP contribution in [0.5, 0.6) is 5.75 Å². The van der Waals surface area contributed by atoms with Crippen molar-refractivity contribution in [1.82, 2.24) is 4.98 Å². The van der Waals surface area contributed by atoms with Gasteiger partial charge in [0.15, 0.2) is 9.84 Å². The summed E-state index contributed by atoms with van der Waals surface area (Å²) in [7, 11) is -2.08. The van der Waals surface area contributed by atoms with E-state index < -0.39 is 21.7 Å². The Hall–Kier alpha value is -2.32. The lowest BCUT2D eigenvalue weighted by molar-refractivity contribution is -0.118. The van der Waals surface area contributed by atoms with Gasteiger partial charge in [-0.3, -0.25) is 4.79 Å². The number of ether oxygens (including phenoxy) is 1. The number of nitrogens with zero attached hydrogens (tertiary/aromatic N) is 1. The zero-order valence-electron chi connectivity index (χ0n) is 13.8. The number of hydrogen-bond donors (Lipinski definition) is 2. The van der Waals surface area contributed by atoms with Gasteiger partial charge in [0.1, 0.15) is 11.6 Å². The molecule has 2 rings (SSSR count). The van der Waals surface area contributed by atoms with Crippen molar-refractivity contribution in [3.63, 3.8) is 0 Å². The lowest BCUT2D eigenvalue weighted by Gasteiger charge is -2.13. The van der Waals surface area contributed by atoms with Crippen LogP contribution in [-0.4, -0.2) is 32.2 Å². The zero-order chi connectivity index (χ0) is 17.7. The first-order valence-electron chi connectivity index (χ1n) is 7.21. The minimum absolute atomic E-state index is 0. The lowest BCUT2D eigenvalue weighted by atomic mass is 10.2. The maximum atomic E-state index is 12.4. The molecule has 1 heterocycles. The van der Waals surface area contributed by atoms with Crippen LogP contribution in [0.1, 0.15) is 6.92 Å². The number of aromatic nitrogens is 1. The van der Waals surface area contributed by atoms with Crippen LogP contribution < -0.4 is 15.8 Å². The van der Waals surface area contributed by atoms with Crippen LogP contribution in [-0.2, 0) is 14.6 Å². The van der Waals surface area contributed by atoms with Gasteiger partial charge in [0.2, 0.25) is 5.91 Å². The van der Waals surface area contributed by atoms with Crippen LogP contribution in [0.3, 0.4) is 0 Å². The molecule has 0 aliphatic carbocycles. The molecular formula is C16H20ClN3O4S. The molecule has 0 radical (unpaired) electrons. The number of pyridine rings is 1. The summed E-state index contributed by atoms with van der Waals surface area (Å²) in [6.07, 6.45) is 1.41. The van der Waals surface area contributed by atoms with Gasteiger partial charge < -0.3 is 15.8 Å². The first kappa shape index (κ1) is 20.7. The normalized spacial score (nSPS) is 11.9. The van der Waals surface area contributed by atoms with E-state index >= 15 is 0 Å². The van der Waals surface area contributed by atoms with Crippen LogP contribution in [0.15, 0.2) is 47.5 Å². The number of carbonyl (C=O) groups is 1. The number of hydrogen-bond acceptors (Lipinski definition) is 6. The molecule has 1 atom stereocenters. The smallest absolute Gasteiger partial charge is 0.228 e. The van der Waals surface area contributed by atoms with Gasteiger partial charge in [0.05, 0.1) is 29.6 Å². The van der Waals surface area contributed by atoms with E-state index in [0.717, 1.165) is 0 Å². The molecule has 0 spiro atoms. The van der Waals surface area contributed by atoms with Crippen molar-refractivity contribution in [3.8, 4) is 5.75 Å². The maximum Gasteiger partial charge on any atom is 0.228 e. The molecule has 3 N–H and O–H groups in total. The highest BCUT2D eigenvalue weighted by Gasteiger charge is 2.23. The number of nitrogen functional groups attached to an aromatic ring is 1. The third-order valence-corrected chi connectivity index (χ3v) is 5.32. The summed E-state index contributed by atoms with van der Waals surface area (Å²) >= 11 is 0. The van der Waals surface area contributed by atoms with Gasteiger partial charge in [-0.25, -0.2) is 13.4 Å². The molecule has 1 aromatic carbocycles. The topological polar surface area (TPSA) is 111 Å². The van der Waals surface area contributed by atoms with Crippen molar-refractivity contribution >= 4 is 39.7 Å². The second-order valence-electron chi connectivity index (χ2n) is 5.32. The summed E-state index contributed by atoms with van der Waals surface area (Å²) in [6, 6.07) is 9.21. The molecule has 1 unspecified atom stereocenters. The highest BCUT2D eigenvalue weighted by molar-refractivity contribution is 7.91. The van der Waals surface area contributed by atoms with E-state index in [-0.39, 0.29) is 23.1 Å². The molecule has 1 amide bonds. The molecular weight excluding hydrogens is 366 g/mol. The van der Waals surface area contributed by atoms with Crippen molar-refractivity contribution in [2.24, 2.45) is 5.92 Å². The van der Waals surface area contributed by atoms with Crippen molar-refractivity contribution in [2.45, 2.75) is 11.8 Å². The van der Waals surface area contributed by atoms with Crippen LogP contribution in [0.4, 0.5) is 11.5 Å². The van der Waals surface area contributed by atoms with Crippen molar-refractivity contribution in [1.29, 1.82) is 0 Å². The van der Waals surface area contributed by atoms with Crippen LogP contribution in [0.25, 0.3) is 0 Å².